The molecule has 3 rings (SSSR count). The van der Waals surface area contributed by atoms with Gasteiger partial charge in [-0.15, -0.1) is 0 Å². The zero-order valence-electron chi connectivity index (χ0n) is 16.3. The SMILES string of the molecule is CCCCC=CC1CC=C(c2ccc(-c3ccc(C)c(F)c3Cl)cc2)CC1. The third kappa shape index (κ3) is 4.90. The van der Waals surface area contributed by atoms with Gasteiger partial charge in [0.15, 0.2) is 0 Å². The molecule has 0 bridgehead atoms. The highest BCUT2D eigenvalue weighted by Crippen LogP contribution is 2.34. The van der Waals surface area contributed by atoms with E-state index in [4.69, 9.17) is 11.6 Å². The van der Waals surface area contributed by atoms with Crippen molar-refractivity contribution in [3.05, 3.63) is 76.6 Å². The Morgan fingerprint density at radius 1 is 1.11 bits per heavy atom. The van der Waals surface area contributed by atoms with Crippen LogP contribution in [0.2, 0.25) is 5.02 Å². The van der Waals surface area contributed by atoms with Gasteiger partial charge in [0.1, 0.15) is 5.82 Å². The molecular weight excluding hydrogens is 355 g/mol. The Balaban J connectivity index is 1.69. The van der Waals surface area contributed by atoms with Crippen LogP contribution in [-0.2, 0) is 0 Å². The molecule has 0 nitrogen and oxygen atoms in total. The van der Waals surface area contributed by atoms with E-state index in [2.05, 4.69) is 37.3 Å². The quantitative estimate of drug-likeness (QED) is 0.347. The predicted octanol–water partition coefficient (Wildman–Crippen LogP) is 8.38. The van der Waals surface area contributed by atoms with Crippen molar-refractivity contribution in [2.75, 3.05) is 0 Å². The zero-order valence-corrected chi connectivity index (χ0v) is 17.0. The molecule has 2 aromatic carbocycles. The van der Waals surface area contributed by atoms with Crippen LogP contribution in [0, 0.1) is 18.7 Å². The molecule has 0 aromatic heterocycles. The van der Waals surface area contributed by atoms with Crippen molar-refractivity contribution in [2.45, 2.75) is 52.4 Å². The van der Waals surface area contributed by atoms with Crippen molar-refractivity contribution < 1.29 is 4.39 Å². The van der Waals surface area contributed by atoms with Crippen LogP contribution in [-0.4, -0.2) is 0 Å². The summed E-state index contributed by atoms with van der Waals surface area (Å²) in [7, 11) is 0. The van der Waals surface area contributed by atoms with E-state index in [1.807, 2.05) is 18.2 Å². The summed E-state index contributed by atoms with van der Waals surface area (Å²) in [6.07, 6.45) is 14.3. The summed E-state index contributed by atoms with van der Waals surface area (Å²) in [6.45, 7) is 3.97. The highest BCUT2D eigenvalue weighted by atomic mass is 35.5. The second kappa shape index (κ2) is 9.37. The third-order valence-electron chi connectivity index (χ3n) is 5.43. The van der Waals surface area contributed by atoms with Gasteiger partial charge in [0.05, 0.1) is 5.02 Å². The molecule has 1 aliphatic rings. The Morgan fingerprint density at radius 3 is 2.52 bits per heavy atom. The minimum absolute atomic E-state index is 0.206. The van der Waals surface area contributed by atoms with E-state index in [9.17, 15) is 4.39 Å². The molecule has 0 radical (unpaired) electrons. The van der Waals surface area contributed by atoms with Crippen LogP contribution in [0.5, 0.6) is 0 Å². The van der Waals surface area contributed by atoms with Crippen LogP contribution >= 0.6 is 11.6 Å². The van der Waals surface area contributed by atoms with E-state index in [1.165, 1.54) is 36.8 Å². The molecule has 2 heteroatoms. The average Bonchev–Trinajstić information content (AvgIpc) is 2.70. The van der Waals surface area contributed by atoms with Gasteiger partial charge in [-0.05, 0) is 60.8 Å². The number of halogens is 2. The predicted molar refractivity (Wildman–Crippen MR) is 116 cm³/mol. The fourth-order valence-electron chi connectivity index (χ4n) is 3.63. The Bertz CT molecular complexity index is 830. The molecule has 2 aromatic rings. The molecule has 1 aliphatic carbocycles. The standard InChI is InChI=1S/C25H28ClF/c1-3-4-5-6-7-19-9-11-20(12-10-19)21-13-15-22(16-14-21)23-17-8-18(2)25(27)24(23)26/h6-8,11,13-17,19H,3-5,9-10,12H2,1-2H3. The lowest BCUT2D eigenvalue weighted by Crippen LogP contribution is -2.02. The lowest BCUT2D eigenvalue weighted by atomic mass is 9.86. The molecule has 0 saturated carbocycles. The lowest BCUT2D eigenvalue weighted by molar-refractivity contribution is 0.589. The number of rotatable bonds is 6. The summed E-state index contributed by atoms with van der Waals surface area (Å²) in [6, 6.07) is 12.0. The Kier molecular flexibility index (Phi) is 6.90. The van der Waals surface area contributed by atoms with Crippen LogP contribution in [0.15, 0.2) is 54.6 Å². The van der Waals surface area contributed by atoms with Gasteiger partial charge in [0.25, 0.3) is 0 Å². The molecule has 0 aliphatic heterocycles. The monoisotopic (exact) mass is 382 g/mol. The normalized spacial score (nSPS) is 17.3. The molecular formula is C25H28ClF. The average molecular weight is 383 g/mol. The van der Waals surface area contributed by atoms with Crippen LogP contribution in [0.1, 0.15) is 56.6 Å². The fourth-order valence-corrected chi connectivity index (χ4v) is 3.96. The summed E-state index contributed by atoms with van der Waals surface area (Å²) in [4.78, 5) is 0. The van der Waals surface area contributed by atoms with Gasteiger partial charge in [-0.2, -0.15) is 0 Å². The van der Waals surface area contributed by atoms with Gasteiger partial charge < -0.3 is 0 Å². The first-order valence-electron chi connectivity index (χ1n) is 10.0. The van der Waals surface area contributed by atoms with Gasteiger partial charge in [-0.25, -0.2) is 4.39 Å². The van der Waals surface area contributed by atoms with Crippen molar-refractivity contribution in [3.8, 4) is 11.1 Å². The first kappa shape index (κ1) is 19.9. The van der Waals surface area contributed by atoms with E-state index in [-0.39, 0.29) is 10.8 Å². The van der Waals surface area contributed by atoms with Crippen molar-refractivity contribution in [2.24, 2.45) is 5.92 Å². The van der Waals surface area contributed by atoms with Crippen LogP contribution in [0.3, 0.4) is 0 Å². The molecule has 142 valence electrons. The Morgan fingerprint density at radius 2 is 1.85 bits per heavy atom. The number of unbranched alkanes of at least 4 members (excludes halogenated alkanes) is 2. The van der Waals surface area contributed by atoms with Crippen molar-refractivity contribution in [3.63, 3.8) is 0 Å². The maximum atomic E-state index is 14.1. The van der Waals surface area contributed by atoms with Gasteiger partial charge in [0, 0.05) is 5.56 Å². The summed E-state index contributed by atoms with van der Waals surface area (Å²) in [5.74, 6) is 0.352. The van der Waals surface area contributed by atoms with Gasteiger partial charge in [0.2, 0.25) is 0 Å². The smallest absolute Gasteiger partial charge is 0.145 e. The minimum atomic E-state index is -0.328. The van der Waals surface area contributed by atoms with E-state index in [1.54, 1.807) is 13.0 Å². The fraction of sp³-hybridized carbons (Fsp3) is 0.360. The molecule has 0 fully saturated rings. The summed E-state index contributed by atoms with van der Waals surface area (Å²) < 4.78 is 14.1. The van der Waals surface area contributed by atoms with E-state index in [0.717, 1.165) is 24.0 Å². The van der Waals surface area contributed by atoms with Crippen molar-refractivity contribution in [1.29, 1.82) is 0 Å². The second-order valence-corrected chi connectivity index (χ2v) is 7.85. The molecule has 0 N–H and O–H groups in total. The number of allylic oxidation sites excluding steroid dienone is 4. The maximum Gasteiger partial charge on any atom is 0.145 e. The highest BCUT2D eigenvalue weighted by molar-refractivity contribution is 6.33. The van der Waals surface area contributed by atoms with Crippen LogP contribution < -0.4 is 0 Å². The molecule has 0 amide bonds. The third-order valence-corrected chi connectivity index (χ3v) is 5.80. The Labute approximate surface area is 167 Å². The molecule has 0 saturated heterocycles. The number of aryl methyl sites for hydroxylation is 1. The number of hydrogen-bond donors (Lipinski definition) is 0. The molecule has 0 spiro atoms. The van der Waals surface area contributed by atoms with Crippen molar-refractivity contribution in [1.82, 2.24) is 0 Å². The van der Waals surface area contributed by atoms with Gasteiger partial charge in [-0.3, -0.25) is 0 Å². The van der Waals surface area contributed by atoms with E-state index < -0.39 is 0 Å². The zero-order chi connectivity index (χ0) is 19.2. The summed E-state index contributed by atoms with van der Waals surface area (Å²) in [5, 5.41) is 0.206. The van der Waals surface area contributed by atoms with Gasteiger partial charge in [-0.1, -0.05) is 86.0 Å². The molecule has 1 atom stereocenters. The molecule has 0 heterocycles. The number of hydrogen-bond acceptors (Lipinski definition) is 0. The topological polar surface area (TPSA) is 0 Å². The van der Waals surface area contributed by atoms with Crippen LogP contribution in [0.4, 0.5) is 4.39 Å². The molecule has 1 unspecified atom stereocenters. The minimum Gasteiger partial charge on any atom is -0.205 e. The summed E-state index contributed by atoms with van der Waals surface area (Å²) >= 11 is 6.21. The Hall–Kier alpha value is -1.86. The second-order valence-electron chi connectivity index (χ2n) is 7.47. The van der Waals surface area contributed by atoms with Gasteiger partial charge >= 0.3 is 0 Å². The summed E-state index contributed by atoms with van der Waals surface area (Å²) in [5.41, 5.74) is 4.96. The van der Waals surface area contributed by atoms with Crippen LogP contribution in [0.25, 0.3) is 16.7 Å². The lowest BCUT2D eigenvalue weighted by Gasteiger charge is -2.20. The number of benzene rings is 2. The highest BCUT2D eigenvalue weighted by Gasteiger charge is 2.14. The first-order valence-corrected chi connectivity index (χ1v) is 10.4. The molecule has 27 heavy (non-hydrogen) atoms. The van der Waals surface area contributed by atoms with Crippen molar-refractivity contribution >= 4 is 17.2 Å². The van der Waals surface area contributed by atoms with E-state index >= 15 is 0 Å². The van der Waals surface area contributed by atoms with E-state index in [0.29, 0.717) is 11.5 Å². The largest absolute Gasteiger partial charge is 0.205 e. The maximum absolute atomic E-state index is 14.1. The first-order chi connectivity index (χ1) is 13.1.